The smallest absolute Gasteiger partial charge is 0.130 e. The van der Waals surface area contributed by atoms with Crippen molar-refractivity contribution in [3.8, 4) is 0 Å². The van der Waals surface area contributed by atoms with Gasteiger partial charge in [-0.25, -0.2) is 0 Å². The summed E-state index contributed by atoms with van der Waals surface area (Å²) in [5.41, 5.74) is 4.47. The van der Waals surface area contributed by atoms with Gasteiger partial charge in [-0.15, -0.1) is 0 Å². The van der Waals surface area contributed by atoms with E-state index in [-0.39, 0.29) is 5.41 Å². The number of hydrogen-bond acceptors (Lipinski definition) is 1. The van der Waals surface area contributed by atoms with Gasteiger partial charge < -0.3 is 4.79 Å². The molecule has 1 heteroatoms. The minimum absolute atomic E-state index is 0.156. The molecule has 1 unspecified atom stereocenters. The van der Waals surface area contributed by atoms with Crippen LogP contribution in [0.4, 0.5) is 0 Å². The van der Waals surface area contributed by atoms with Gasteiger partial charge in [-0.3, -0.25) is 0 Å². The third-order valence-corrected chi connectivity index (χ3v) is 4.33. The predicted molar refractivity (Wildman–Crippen MR) is 93.4 cm³/mol. The fourth-order valence-corrected chi connectivity index (χ4v) is 2.76. The van der Waals surface area contributed by atoms with Crippen LogP contribution in [0.3, 0.4) is 0 Å². The van der Waals surface area contributed by atoms with Gasteiger partial charge in [0.15, 0.2) is 0 Å². The molecule has 1 atom stereocenters. The standard InChI is InChI=1S/C21H26O/c1-16-7-6-8-19(13-16)21(5,15-22)14-17-9-11-18(12-10-17)20(2,3)4/h6-13,15H,14H2,1-5H3. The van der Waals surface area contributed by atoms with Crippen molar-refractivity contribution in [1.82, 2.24) is 0 Å². The van der Waals surface area contributed by atoms with Crippen LogP contribution < -0.4 is 0 Å². The zero-order valence-corrected chi connectivity index (χ0v) is 14.3. The molecule has 0 aliphatic rings. The molecule has 22 heavy (non-hydrogen) atoms. The summed E-state index contributed by atoms with van der Waals surface area (Å²) in [5, 5.41) is 0. The highest BCUT2D eigenvalue weighted by Crippen LogP contribution is 2.28. The summed E-state index contributed by atoms with van der Waals surface area (Å²) in [6, 6.07) is 16.9. The van der Waals surface area contributed by atoms with Crippen LogP contribution in [0.25, 0.3) is 0 Å². The molecule has 0 aromatic heterocycles. The number of aryl methyl sites for hydroxylation is 1. The first kappa shape index (κ1) is 16.5. The second kappa shape index (κ2) is 6.08. The van der Waals surface area contributed by atoms with Crippen molar-refractivity contribution >= 4 is 6.29 Å². The Bertz CT molecular complexity index is 646. The molecule has 0 amide bonds. The lowest BCUT2D eigenvalue weighted by Gasteiger charge is -2.25. The lowest BCUT2D eigenvalue weighted by atomic mass is 9.77. The van der Waals surface area contributed by atoms with Crippen LogP contribution in [0.5, 0.6) is 0 Å². The van der Waals surface area contributed by atoms with Crippen LogP contribution in [-0.2, 0) is 22.0 Å². The summed E-state index contributed by atoms with van der Waals surface area (Å²) in [5.74, 6) is 0. The summed E-state index contributed by atoms with van der Waals surface area (Å²) in [7, 11) is 0. The molecule has 0 heterocycles. The van der Waals surface area contributed by atoms with Gasteiger partial charge in [-0.05, 0) is 42.4 Å². The molecule has 1 nitrogen and oxygen atoms in total. The molecule has 2 aromatic rings. The Balaban J connectivity index is 2.28. The van der Waals surface area contributed by atoms with Crippen molar-refractivity contribution in [2.75, 3.05) is 0 Å². The third kappa shape index (κ3) is 3.65. The Labute approximate surface area is 134 Å². The molecule has 0 bridgehead atoms. The highest BCUT2D eigenvalue weighted by molar-refractivity contribution is 5.69. The SMILES string of the molecule is Cc1cccc(C(C)(C=O)Cc2ccc(C(C)(C)C)cc2)c1. The summed E-state index contributed by atoms with van der Waals surface area (Å²) < 4.78 is 0. The average molecular weight is 294 g/mol. The van der Waals surface area contributed by atoms with Crippen molar-refractivity contribution in [3.63, 3.8) is 0 Å². The lowest BCUT2D eigenvalue weighted by Crippen LogP contribution is -2.27. The van der Waals surface area contributed by atoms with Gasteiger partial charge >= 0.3 is 0 Å². The van der Waals surface area contributed by atoms with Gasteiger partial charge in [0, 0.05) is 0 Å². The number of aldehydes is 1. The van der Waals surface area contributed by atoms with E-state index in [4.69, 9.17) is 0 Å². The first-order chi connectivity index (χ1) is 10.2. The van der Waals surface area contributed by atoms with Gasteiger partial charge in [-0.2, -0.15) is 0 Å². The van der Waals surface area contributed by atoms with Crippen LogP contribution >= 0.6 is 0 Å². The van der Waals surface area contributed by atoms with Gasteiger partial charge in [0.25, 0.3) is 0 Å². The van der Waals surface area contributed by atoms with Crippen LogP contribution in [0, 0.1) is 6.92 Å². The minimum Gasteiger partial charge on any atom is -0.302 e. The Morgan fingerprint density at radius 1 is 0.909 bits per heavy atom. The van der Waals surface area contributed by atoms with E-state index in [1.807, 2.05) is 19.1 Å². The normalized spacial score (nSPS) is 14.4. The molecular weight excluding hydrogens is 268 g/mol. The summed E-state index contributed by atoms with van der Waals surface area (Å²) in [6.45, 7) is 10.7. The van der Waals surface area contributed by atoms with E-state index in [0.717, 1.165) is 18.3 Å². The van der Waals surface area contributed by atoms with Crippen LogP contribution in [0.2, 0.25) is 0 Å². The molecule has 2 rings (SSSR count). The molecule has 0 fully saturated rings. The zero-order chi connectivity index (χ0) is 16.4. The van der Waals surface area contributed by atoms with E-state index < -0.39 is 5.41 Å². The van der Waals surface area contributed by atoms with Crippen LogP contribution in [-0.4, -0.2) is 6.29 Å². The number of carbonyl (C=O) groups is 1. The molecule has 116 valence electrons. The summed E-state index contributed by atoms with van der Waals surface area (Å²) in [4.78, 5) is 11.8. The lowest BCUT2D eigenvalue weighted by molar-refractivity contribution is -0.112. The Morgan fingerprint density at radius 2 is 1.55 bits per heavy atom. The first-order valence-corrected chi connectivity index (χ1v) is 7.87. The van der Waals surface area contributed by atoms with E-state index >= 15 is 0 Å². The molecule has 0 saturated heterocycles. The zero-order valence-electron chi connectivity index (χ0n) is 14.3. The first-order valence-electron chi connectivity index (χ1n) is 7.87. The third-order valence-electron chi connectivity index (χ3n) is 4.33. The molecule has 0 aliphatic heterocycles. The van der Waals surface area contributed by atoms with Gasteiger partial charge in [0.1, 0.15) is 6.29 Å². The fraction of sp³-hybridized carbons (Fsp3) is 0.381. The van der Waals surface area contributed by atoms with Crippen molar-refractivity contribution in [1.29, 1.82) is 0 Å². The molecule has 0 N–H and O–H groups in total. The highest BCUT2D eigenvalue weighted by Gasteiger charge is 2.26. The molecule has 0 aliphatic carbocycles. The van der Waals surface area contributed by atoms with Gasteiger partial charge in [0.05, 0.1) is 5.41 Å². The van der Waals surface area contributed by atoms with Crippen molar-refractivity contribution in [2.24, 2.45) is 0 Å². The quantitative estimate of drug-likeness (QED) is 0.726. The Hall–Kier alpha value is -1.89. The maximum absolute atomic E-state index is 11.8. The van der Waals surface area contributed by atoms with E-state index in [1.165, 1.54) is 16.7 Å². The number of carbonyl (C=O) groups excluding carboxylic acids is 1. The molecule has 0 spiro atoms. The second-order valence-electron chi connectivity index (χ2n) is 7.53. The van der Waals surface area contributed by atoms with E-state index in [9.17, 15) is 4.79 Å². The second-order valence-corrected chi connectivity index (χ2v) is 7.53. The van der Waals surface area contributed by atoms with Gasteiger partial charge in [-0.1, -0.05) is 74.9 Å². The molecule has 2 aromatic carbocycles. The Kier molecular flexibility index (Phi) is 4.55. The average Bonchev–Trinajstić information content (AvgIpc) is 2.47. The summed E-state index contributed by atoms with van der Waals surface area (Å²) >= 11 is 0. The van der Waals surface area contributed by atoms with Crippen molar-refractivity contribution in [3.05, 3.63) is 70.8 Å². The maximum atomic E-state index is 11.8. The van der Waals surface area contributed by atoms with E-state index in [0.29, 0.717) is 0 Å². The minimum atomic E-state index is -0.477. The number of benzene rings is 2. The Morgan fingerprint density at radius 3 is 2.05 bits per heavy atom. The van der Waals surface area contributed by atoms with Crippen molar-refractivity contribution < 1.29 is 4.79 Å². The van der Waals surface area contributed by atoms with Crippen LogP contribution in [0.1, 0.15) is 49.9 Å². The van der Waals surface area contributed by atoms with E-state index in [1.54, 1.807) is 0 Å². The van der Waals surface area contributed by atoms with Crippen molar-refractivity contribution in [2.45, 2.75) is 51.9 Å². The number of hydrogen-bond donors (Lipinski definition) is 0. The summed E-state index contributed by atoms with van der Waals surface area (Å²) in [6.07, 6.45) is 1.81. The predicted octanol–water partition coefficient (Wildman–Crippen LogP) is 4.99. The highest BCUT2D eigenvalue weighted by atomic mass is 16.1. The topological polar surface area (TPSA) is 17.1 Å². The fourth-order valence-electron chi connectivity index (χ4n) is 2.76. The molecule has 0 radical (unpaired) electrons. The number of rotatable bonds is 4. The largest absolute Gasteiger partial charge is 0.302 e. The monoisotopic (exact) mass is 294 g/mol. The van der Waals surface area contributed by atoms with Crippen LogP contribution in [0.15, 0.2) is 48.5 Å². The molecule has 0 saturated carbocycles. The van der Waals surface area contributed by atoms with Gasteiger partial charge in [0.2, 0.25) is 0 Å². The maximum Gasteiger partial charge on any atom is 0.130 e. The molecular formula is C21H26O. The van der Waals surface area contributed by atoms with E-state index in [2.05, 4.69) is 64.1 Å².